The molecule has 0 bridgehead atoms. The summed E-state index contributed by atoms with van der Waals surface area (Å²) >= 11 is 15.5. The molecule has 1 aromatic carbocycles. The van der Waals surface area contributed by atoms with Gasteiger partial charge in [-0.15, -0.1) is 23.2 Å². The molecule has 0 aliphatic heterocycles. The van der Waals surface area contributed by atoms with Crippen LogP contribution < -0.4 is 4.90 Å². The van der Waals surface area contributed by atoms with E-state index in [9.17, 15) is 0 Å². The zero-order chi connectivity index (χ0) is 16.4. The third-order valence-corrected chi connectivity index (χ3v) is 4.69. The number of rotatable bonds is 11. The number of benzene rings is 1. The molecule has 1 aromatic rings. The Morgan fingerprint density at radius 3 is 2.05 bits per heavy atom. The quantitative estimate of drug-likeness (QED) is 0.454. The molecule has 0 aliphatic carbocycles. The van der Waals surface area contributed by atoms with Gasteiger partial charge in [0.2, 0.25) is 0 Å². The lowest BCUT2D eigenvalue weighted by Crippen LogP contribution is -2.28. The zero-order valence-corrected chi connectivity index (χ0v) is 16.7. The third kappa shape index (κ3) is 6.66. The lowest BCUT2D eigenvalue weighted by atomic mass is 10.1. The summed E-state index contributed by atoms with van der Waals surface area (Å²) in [5.74, 6) is 1.26. The molecular weight excluding hydrogens is 383 g/mol. The molecule has 1 rings (SSSR count). The molecule has 0 saturated carbocycles. The minimum absolute atomic E-state index is 0.631. The second kappa shape index (κ2) is 11.6. The molecule has 5 heteroatoms. The van der Waals surface area contributed by atoms with Gasteiger partial charge in [-0.3, -0.25) is 4.90 Å². The standard InChI is InChI=1S/C17H27BrCl2N2/c1-3-9-22(10-4-2)16-5-6-17(18)15(13-16)14-21(11-7-19)12-8-20/h5-6,13H,3-4,7-12,14H2,1-2H3. The SMILES string of the molecule is CCCN(CCC)c1ccc(Br)c(CN(CCCl)CCCl)c1. The Balaban J connectivity index is 2.91. The van der Waals surface area contributed by atoms with Crippen LogP contribution >= 0.6 is 39.1 Å². The van der Waals surface area contributed by atoms with Gasteiger partial charge in [0.25, 0.3) is 0 Å². The largest absolute Gasteiger partial charge is 0.372 e. The molecule has 0 atom stereocenters. The first-order valence-electron chi connectivity index (χ1n) is 8.03. The van der Waals surface area contributed by atoms with Crippen LogP contribution in [0.25, 0.3) is 0 Å². The molecule has 0 unspecified atom stereocenters. The molecule has 0 radical (unpaired) electrons. The lowest BCUT2D eigenvalue weighted by molar-refractivity contribution is 0.299. The monoisotopic (exact) mass is 408 g/mol. The summed E-state index contributed by atoms with van der Waals surface area (Å²) in [5.41, 5.74) is 2.60. The van der Waals surface area contributed by atoms with Crippen molar-refractivity contribution in [2.45, 2.75) is 33.2 Å². The Kier molecular flexibility index (Phi) is 10.6. The van der Waals surface area contributed by atoms with E-state index in [2.05, 4.69) is 57.8 Å². The van der Waals surface area contributed by atoms with E-state index in [1.807, 2.05) is 0 Å². The van der Waals surface area contributed by atoms with Gasteiger partial charge in [-0.1, -0.05) is 29.8 Å². The fourth-order valence-electron chi connectivity index (χ4n) is 2.54. The van der Waals surface area contributed by atoms with E-state index in [0.717, 1.165) is 50.0 Å². The topological polar surface area (TPSA) is 6.48 Å². The number of hydrogen-bond acceptors (Lipinski definition) is 2. The average Bonchev–Trinajstić information content (AvgIpc) is 2.50. The van der Waals surface area contributed by atoms with Crippen molar-refractivity contribution < 1.29 is 0 Å². The van der Waals surface area contributed by atoms with E-state index < -0.39 is 0 Å². The smallest absolute Gasteiger partial charge is 0.0370 e. The lowest BCUT2D eigenvalue weighted by Gasteiger charge is -2.26. The second-order valence-corrected chi connectivity index (χ2v) is 7.03. The van der Waals surface area contributed by atoms with Crippen LogP contribution in [0.4, 0.5) is 5.69 Å². The highest BCUT2D eigenvalue weighted by Gasteiger charge is 2.11. The highest BCUT2D eigenvalue weighted by atomic mass is 79.9. The van der Waals surface area contributed by atoms with Crippen LogP contribution in [0.1, 0.15) is 32.3 Å². The predicted octanol–water partition coefficient (Wildman–Crippen LogP) is 5.36. The van der Waals surface area contributed by atoms with Crippen molar-refractivity contribution in [3.8, 4) is 0 Å². The molecule has 0 amide bonds. The van der Waals surface area contributed by atoms with Crippen LogP contribution in [-0.2, 0) is 6.54 Å². The van der Waals surface area contributed by atoms with Crippen LogP contribution in [0.15, 0.2) is 22.7 Å². The molecule has 126 valence electrons. The Hall–Kier alpha value is 0.0400. The number of alkyl halides is 2. The van der Waals surface area contributed by atoms with Crippen LogP contribution in [0.5, 0.6) is 0 Å². The predicted molar refractivity (Wildman–Crippen MR) is 104 cm³/mol. The maximum absolute atomic E-state index is 5.90. The first-order valence-corrected chi connectivity index (χ1v) is 9.90. The molecule has 0 saturated heterocycles. The van der Waals surface area contributed by atoms with Gasteiger partial charge >= 0.3 is 0 Å². The van der Waals surface area contributed by atoms with Crippen molar-refractivity contribution in [2.24, 2.45) is 0 Å². The first kappa shape index (κ1) is 20.1. The summed E-state index contributed by atoms with van der Waals surface area (Å²) in [6, 6.07) is 6.65. The van der Waals surface area contributed by atoms with Gasteiger partial charge in [-0.05, 0) is 36.6 Å². The van der Waals surface area contributed by atoms with Gasteiger partial charge in [-0.25, -0.2) is 0 Å². The summed E-state index contributed by atoms with van der Waals surface area (Å²) < 4.78 is 1.15. The third-order valence-electron chi connectivity index (χ3n) is 3.58. The molecular formula is C17H27BrCl2N2. The normalized spacial score (nSPS) is 11.2. The summed E-state index contributed by atoms with van der Waals surface area (Å²) in [4.78, 5) is 4.76. The molecule has 0 heterocycles. The molecule has 0 aliphatic rings. The van der Waals surface area contributed by atoms with Gasteiger partial charge in [0, 0.05) is 54.6 Å². The fourth-order valence-corrected chi connectivity index (χ4v) is 3.39. The first-order chi connectivity index (χ1) is 10.7. The van der Waals surface area contributed by atoms with Gasteiger partial charge in [0.1, 0.15) is 0 Å². The molecule has 0 N–H and O–H groups in total. The number of halogens is 3. The van der Waals surface area contributed by atoms with E-state index in [0.29, 0.717) is 11.8 Å². The molecule has 22 heavy (non-hydrogen) atoms. The summed E-state index contributed by atoms with van der Waals surface area (Å²) in [7, 11) is 0. The molecule has 0 spiro atoms. The van der Waals surface area contributed by atoms with E-state index in [-0.39, 0.29) is 0 Å². The van der Waals surface area contributed by atoms with Crippen molar-refractivity contribution >= 4 is 44.8 Å². The minimum atomic E-state index is 0.631. The minimum Gasteiger partial charge on any atom is -0.372 e. The van der Waals surface area contributed by atoms with Gasteiger partial charge in [0.05, 0.1) is 0 Å². The van der Waals surface area contributed by atoms with Crippen LogP contribution in [0, 0.1) is 0 Å². The zero-order valence-electron chi connectivity index (χ0n) is 13.6. The van der Waals surface area contributed by atoms with Crippen molar-refractivity contribution in [2.75, 3.05) is 42.8 Å². The fraction of sp³-hybridized carbons (Fsp3) is 0.647. The summed E-state index contributed by atoms with van der Waals surface area (Å²) in [6.07, 6.45) is 2.33. The van der Waals surface area contributed by atoms with E-state index in [1.165, 1.54) is 11.3 Å². The Bertz CT molecular complexity index is 417. The maximum Gasteiger partial charge on any atom is 0.0370 e. The van der Waals surface area contributed by atoms with Crippen molar-refractivity contribution in [1.29, 1.82) is 0 Å². The van der Waals surface area contributed by atoms with Crippen molar-refractivity contribution in [3.05, 3.63) is 28.2 Å². The van der Waals surface area contributed by atoms with E-state index >= 15 is 0 Å². The van der Waals surface area contributed by atoms with E-state index in [4.69, 9.17) is 23.2 Å². The molecule has 0 fully saturated rings. The maximum atomic E-state index is 5.90. The molecule has 0 aromatic heterocycles. The molecule has 2 nitrogen and oxygen atoms in total. The van der Waals surface area contributed by atoms with Crippen molar-refractivity contribution in [3.63, 3.8) is 0 Å². The highest BCUT2D eigenvalue weighted by Crippen LogP contribution is 2.25. The Morgan fingerprint density at radius 1 is 0.955 bits per heavy atom. The Labute approximate surface area is 153 Å². The van der Waals surface area contributed by atoms with Crippen LogP contribution in [0.2, 0.25) is 0 Å². The van der Waals surface area contributed by atoms with Crippen molar-refractivity contribution in [1.82, 2.24) is 4.90 Å². The van der Waals surface area contributed by atoms with Crippen LogP contribution in [-0.4, -0.2) is 42.8 Å². The highest BCUT2D eigenvalue weighted by molar-refractivity contribution is 9.10. The number of nitrogens with zero attached hydrogens (tertiary/aromatic N) is 2. The summed E-state index contributed by atoms with van der Waals surface area (Å²) in [5, 5.41) is 0. The van der Waals surface area contributed by atoms with Gasteiger partial charge in [0.15, 0.2) is 0 Å². The number of anilines is 1. The average molecular weight is 410 g/mol. The Morgan fingerprint density at radius 2 is 1.55 bits per heavy atom. The second-order valence-electron chi connectivity index (χ2n) is 5.42. The van der Waals surface area contributed by atoms with Gasteiger partial charge < -0.3 is 4.90 Å². The van der Waals surface area contributed by atoms with E-state index in [1.54, 1.807) is 0 Å². The number of hydrogen-bond donors (Lipinski definition) is 0. The van der Waals surface area contributed by atoms with Gasteiger partial charge in [-0.2, -0.15) is 0 Å². The summed E-state index contributed by atoms with van der Waals surface area (Å²) in [6.45, 7) is 9.25. The van der Waals surface area contributed by atoms with Crippen LogP contribution in [0.3, 0.4) is 0 Å².